The van der Waals surface area contributed by atoms with Crippen LogP contribution in [0.3, 0.4) is 0 Å². The van der Waals surface area contributed by atoms with Crippen LogP contribution in [0.4, 0.5) is 0 Å². The number of nitrogens with one attached hydrogen (secondary N) is 1. The van der Waals surface area contributed by atoms with Crippen molar-refractivity contribution in [3.05, 3.63) is 21.4 Å². The zero-order valence-electron chi connectivity index (χ0n) is 11.9. The van der Waals surface area contributed by atoms with E-state index in [4.69, 9.17) is 0 Å². The van der Waals surface area contributed by atoms with E-state index in [9.17, 15) is 9.59 Å². The van der Waals surface area contributed by atoms with E-state index in [1.165, 1.54) is 4.88 Å². The van der Waals surface area contributed by atoms with Gasteiger partial charge in [0.2, 0.25) is 5.91 Å². The molecule has 0 aromatic carbocycles. The maximum atomic E-state index is 12.5. The van der Waals surface area contributed by atoms with Crippen molar-refractivity contribution in [3.63, 3.8) is 0 Å². The van der Waals surface area contributed by atoms with Crippen LogP contribution in [0.15, 0.2) is 6.07 Å². The van der Waals surface area contributed by atoms with Crippen LogP contribution in [0.1, 0.15) is 33.0 Å². The Balaban J connectivity index is 1.72. The minimum Gasteiger partial charge on any atom is -0.354 e. The molecule has 5 heteroatoms. The van der Waals surface area contributed by atoms with Gasteiger partial charge in [0, 0.05) is 27.9 Å². The second kappa shape index (κ2) is 5.30. The summed E-state index contributed by atoms with van der Waals surface area (Å²) in [4.78, 5) is 28.7. The highest BCUT2D eigenvalue weighted by atomic mass is 32.1. The Bertz CT molecular complexity index is 552. The highest BCUT2D eigenvalue weighted by Crippen LogP contribution is 2.28. The van der Waals surface area contributed by atoms with Crippen LogP contribution in [0.5, 0.6) is 0 Å². The Morgan fingerprint density at radius 2 is 2.30 bits per heavy atom. The van der Waals surface area contributed by atoms with Gasteiger partial charge < -0.3 is 5.32 Å². The summed E-state index contributed by atoms with van der Waals surface area (Å²) in [5, 5.41) is 2.93. The Morgan fingerprint density at radius 1 is 1.50 bits per heavy atom. The summed E-state index contributed by atoms with van der Waals surface area (Å²) in [7, 11) is 0. The number of hydrogen-bond donors (Lipinski definition) is 1. The highest BCUT2D eigenvalue weighted by molar-refractivity contribution is 7.12. The van der Waals surface area contributed by atoms with Crippen molar-refractivity contribution in [2.24, 2.45) is 5.92 Å². The molecule has 20 heavy (non-hydrogen) atoms. The topological polar surface area (TPSA) is 49.4 Å². The van der Waals surface area contributed by atoms with Crippen molar-refractivity contribution >= 4 is 23.0 Å². The molecular weight excluding hydrogens is 272 g/mol. The third-order valence-corrected chi connectivity index (χ3v) is 5.37. The van der Waals surface area contributed by atoms with E-state index in [2.05, 4.69) is 10.2 Å². The number of rotatable bonds is 3. The molecule has 4 nitrogen and oxygen atoms in total. The second-order valence-electron chi connectivity index (χ2n) is 5.78. The largest absolute Gasteiger partial charge is 0.354 e. The lowest BCUT2D eigenvalue weighted by atomic mass is 9.91. The molecule has 1 aromatic rings. The Hall–Kier alpha value is -1.20. The van der Waals surface area contributed by atoms with Crippen LogP contribution in [-0.4, -0.2) is 42.3 Å². The lowest BCUT2D eigenvalue weighted by Crippen LogP contribution is -2.47. The van der Waals surface area contributed by atoms with E-state index in [1.54, 1.807) is 11.3 Å². The number of nitrogens with zero attached hydrogens (tertiary/aromatic N) is 1. The lowest BCUT2D eigenvalue weighted by Gasteiger charge is -2.35. The van der Waals surface area contributed by atoms with Gasteiger partial charge in [0.15, 0.2) is 5.78 Å². The minimum absolute atomic E-state index is 0.0851. The number of thiophene rings is 1. The summed E-state index contributed by atoms with van der Waals surface area (Å²) in [6.45, 7) is 6.09. The number of aryl methyl sites for hydroxylation is 2. The molecule has 2 atom stereocenters. The van der Waals surface area contributed by atoms with Gasteiger partial charge in [0.1, 0.15) is 0 Å². The molecule has 3 heterocycles. The van der Waals surface area contributed by atoms with Crippen molar-refractivity contribution in [2.75, 3.05) is 19.6 Å². The summed E-state index contributed by atoms with van der Waals surface area (Å²) in [5.74, 6) is 0.434. The molecule has 0 saturated carbocycles. The number of likely N-dealkylation sites (tertiary alicyclic amines) is 1. The van der Waals surface area contributed by atoms with Crippen LogP contribution in [-0.2, 0) is 4.79 Å². The van der Waals surface area contributed by atoms with E-state index < -0.39 is 0 Å². The monoisotopic (exact) mass is 292 g/mol. The fourth-order valence-electron chi connectivity index (χ4n) is 3.41. The molecule has 0 radical (unpaired) electrons. The quantitative estimate of drug-likeness (QED) is 0.864. The van der Waals surface area contributed by atoms with Crippen LogP contribution < -0.4 is 5.32 Å². The number of piperidine rings is 1. The maximum Gasteiger partial charge on any atom is 0.224 e. The average molecular weight is 292 g/mol. The number of Topliss-reactive ketones (excluding diaryl/α,β-unsaturated/α-hetero) is 1. The van der Waals surface area contributed by atoms with Crippen molar-refractivity contribution in [1.82, 2.24) is 10.2 Å². The molecular formula is C15H20N2O2S. The predicted molar refractivity (Wildman–Crippen MR) is 79.2 cm³/mol. The first-order valence-corrected chi connectivity index (χ1v) is 8.00. The zero-order chi connectivity index (χ0) is 14.3. The summed E-state index contributed by atoms with van der Waals surface area (Å²) < 4.78 is 0. The highest BCUT2D eigenvalue weighted by Gasteiger charge is 2.41. The number of carbonyl (C=O) groups is 2. The molecule has 0 bridgehead atoms. The van der Waals surface area contributed by atoms with Gasteiger partial charge in [0.05, 0.1) is 12.5 Å². The maximum absolute atomic E-state index is 12.5. The van der Waals surface area contributed by atoms with E-state index in [0.717, 1.165) is 29.8 Å². The van der Waals surface area contributed by atoms with Gasteiger partial charge in [-0.1, -0.05) is 0 Å². The molecule has 3 rings (SSSR count). The molecule has 1 amide bonds. The Kier molecular flexibility index (Phi) is 3.65. The van der Waals surface area contributed by atoms with Crippen molar-refractivity contribution in [3.8, 4) is 0 Å². The standard InChI is InChI=1S/C15H20N2O2S/c1-9-6-12(10(2)20-9)14(18)8-17-5-3-4-11-13(17)7-16-15(11)19/h6,11,13H,3-5,7-8H2,1-2H3,(H,16,19). The smallest absolute Gasteiger partial charge is 0.224 e. The van der Waals surface area contributed by atoms with Crippen LogP contribution in [0.25, 0.3) is 0 Å². The van der Waals surface area contributed by atoms with Crippen molar-refractivity contribution in [1.29, 1.82) is 0 Å². The normalized spacial score (nSPS) is 26.4. The lowest BCUT2D eigenvalue weighted by molar-refractivity contribution is -0.124. The van der Waals surface area contributed by atoms with Gasteiger partial charge in [-0.25, -0.2) is 0 Å². The number of ketones is 1. The summed E-state index contributed by atoms with van der Waals surface area (Å²) >= 11 is 1.67. The van der Waals surface area contributed by atoms with Crippen molar-refractivity contribution in [2.45, 2.75) is 32.7 Å². The van der Waals surface area contributed by atoms with E-state index in [-0.39, 0.29) is 23.7 Å². The van der Waals surface area contributed by atoms with Crippen LogP contribution in [0.2, 0.25) is 0 Å². The first-order chi connectivity index (χ1) is 9.56. The first kappa shape index (κ1) is 13.8. The number of hydrogen-bond acceptors (Lipinski definition) is 4. The van der Waals surface area contributed by atoms with E-state index >= 15 is 0 Å². The van der Waals surface area contributed by atoms with E-state index in [0.29, 0.717) is 13.1 Å². The fourth-order valence-corrected chi connectivity index (χ4v) is 4.36. The Labute approximate surface area is 123 Å². The summed E-state index contributed by atoms with van der Waals surface area (Å²) in [6, 6.07) is 2.20. The third kappa shape index (κ3) is 2.40. The molecule has 1 N–H and O–H groups in total. The molecule has 2 aliphatic heterocycles. The number of carbonyl (C=O) groups excluding carboxylic acids is 2. The summed E-state index contributed by atoms with van der Waals surface area (Å²) in [5.41, 5.74) is 0.854. The SMILES string of the molecule is Cc1cc(C(=O)CN2CCCC3C(=O)NCC32)c(C)s1. The van der Waals surface area contributed by atoms with Crippen LogP contribution >= 0.6 is 11.3 Å². The first-order valence-electron chi connectivity index (χ1n) is 7.18. The predicted octanol–water partition coefficient (Wildman–Crippen LogP) is 1.76. The van der Waals surface area contributed by atoms with Gasteiger partial charge in [-0.05, 0) is 39.3 Å². The average Bonchev–Trinajstić information content (AvgIpc) is 2.94. The van der Waals surface area contributed by atoms with Crippen LogP contribution in [0, 0.1) is 19.8 Å². The molecule has 0 aliphatic carbocycles. The zero-order valence-corrected chi connectivity index (χ0v) is 12.8. The number of fused-ring (bicyclic) bond motifs is 1. The van der Waals surface area contributed by atoms with Gasteiger partial charge in [-0.3, -0.25) is 14.5 Å². The molecule has 2 fully saturated rings. The van der Waals surface area contributed by atoms with Gasteiger partial charge in [-0.15, -0.1) is 11.3 Å². The molecule has 1 aromatic heterocycles. The van der Waals surface area contributed by atoms with Gasteiger partial charge in [0.25, 0.3) is 0 Å². The molecule has 0 spiro atoms. The van der Waals surface area contributed by atoms with Gasteiger partial charge in [-0.2, -0.15) is 0 Å². The second-order valence-corrected chi connectivity index (χ2v) is 7.24. The molecule has 108 valence electrons. The third-order valence-electron chi connectivity index (χ3n) is 4.40. The van der Waals surface area contributed by atoms with Crippen molar-refractivity contribution < 1.29 is 9.59 Å². The molecule has 2 saturated heterocycles. The fraction of sp³-hybridized carbons (Fsp3) is 0.600. The van der Waals surface area contributed by atoms with E-state index in [1.807, 2.05) is 19.9 Å². The molecule has 2 unspecified atom stereocenters. The molecule has 2 aliphatic rings. The number of amides is 1. The Morgan fingerprint density at radius 3 is 3.00 bits per heavy atom. The summed E-state index contributed by atoms with van der Waals surface area (Å²) in [6.07, 6.45) is 1.96. The minimum atomic E-state index is 0.0851. The van der Waals surface area contributed by atoms with Gasteiger partial charge >= 0.3 is 0 Å².